The van der Waals surface area contributed by atoms with Crippen molar-refractivity contribution in [3.05, 3.63) is 29.8 Å². The van der Waals surface area contributed by atoms with E-state index in [4.69, 9.17) is 9.47 Å². The summed E-state index contributed by atoms with van der Waals surface area (Å²) in [5, 5.41) is 5.79. The number of hydrogen-bond donors (Lipinski definition) is 2. The third kappa shape index (κ3) is 6.88. The fraction of sp³-hybridized carbons (Fsp3) is 0.588. The van der Waals surface area contributed by atoms with Gasteiger partial charge in [-0.3, -0.25) is 4.90 Å². The number of ether oxygens (including phenoxy) is 2. The van der Waals surface area contributed by atoms with Gasteiger partial charge in [-0.25, -0.2) is 4.79 Å². The van der Waals surface area contributed by atoms with Crippen LogP contribution >= 0.6 is 0 Å². The number of carbonyl (C=O) groups is 1. The fourth-order valence-electron chi connectivity index (χ4n) is 2.50. The van der Waals surface area contributed by atoms with E-state index in [1.54, 1.807) is 7.11 Å². The van der Waals surface area contributed by atoms with Crippen molar-refractivity contribution in [2.75, 3.05) is 53.0 Å². The minimum absolute atomic E-state index is 0.0898. The summed E-state index contributed by atoms with van der Waals surface area (Å²) in [7, 11) is 1.66. The van der Waals surface area contributed by atoms with Crippen LogP contribution < -0.4 is 15.4 Å². The molecule has 128 valence electrons. The molecule has 2 amide bonds. The average molecular weight is 321 g/mol. The molecule has 6 nitrogen and oxygen atoms in total. The number of carbonyl (C=O) groups excluding carboxylic acids is 1. The first kappa shape index (κ1) is 17.6. The lowest BCUT2D eigenvalue weighted by atomic mass is 10.1. The summed E-state index contributed by atoms with van der Waals surface area (Å²) in [6, 6.07) is 7.94. The summed E-state index contributed by atoms with van der Waals surface area (Å²) in [6.45, 7) is 5.70. The molecule has 2 rings (SSSR count). The Morgan fingerprint density at radius 1 is 1.17 bits per heavy atom. The molecule has 1 heterocycles. The maximum atomic E-state index is 11.7. The monoisotopic (exact) mass is 321 g/mol. The third-order valence-corrected chi connectivity index (χ3v) is 3.90. The highest BCUT2D eigenvalue weighted by Gasteiger charge is 2.09. The van der Waals surface area contributed by atoms with E-state index in [-0.39, 0.29) is 6.03 Å². The number of methoxy groups -OCH3 is 1. The maximum Gasteiger partial charge on any atom is 0.314 e. The number of nitrogens with zero attached hydrogens (tertiary/aromatic N) is 1. The summed E-state index contributed by atoms with van der Waals surface area (Å²) >= 11 is 0. The first-order valence-corrected chi connectivity index (χ1v) is 8.22. The average Bonchev–Trinajstić information content (AvgIpc) is 2.60. The van der Waals surface area contributed by atoms with E-state index in [0.29, 0.717) is 13.1 Å². The number of nitrogens with one attached hydrogen (secondary N) is 2. The summed E-state index contributed by atoms with van der Waals surface area (Å²) in [5.41, 5.74) is 1.25. The molecule has 0 saturated carbocycles. The number of benzene rings is 1. The minimum Gasteiger partial charge on any atom is -0.497 e. The first-order chi connectivity index (χ1) is 11.3. The molecule has 1 aliphatic heterocycles. The molecule has 1 saturated heterocycles. The number of aryl methyl sites for hydroxylation is 1. The van der Waals surface area contributed by atoms with Crippen LogP contribution in [-0.2, 0) is 11.2 Å². The van der Waals surface area contributed by atoms with Gasteiger partial charge in [0.2, 0.25) is 0 Å². The van der Waals surface area contributed by atoms with Crippen LogP contribution in [0.4, 0.5) is 4.79 Å². The Morgan fingerprint density at radius 3 is 2.57 bits per heavy atom. The molecule has 1 aliphatic rings. The molecule has 1 aromatic rings. The smallest absolute Gasteiger partial charge is 0.314 e. The van der Waals surface area contributed by atoms with Gasteiger partial charge in [-0.05, 0) is 30.5 Å². The highest BCUT2D eigenvalue weighted by Crippen LogP contribution is 2.12. The highest BCUT2D eigenvalue weighted by atomic mass is 16.5. The number of rotatable bonds is 8. The molecule has 0 unspecified atom stereocenters. The molecule has 0 atom stereocenters. The van der Waals surface area contributed by atoms with Gasteiger partial charge in [0.1, 0.15) is 5.75 Å². The van der Waals surface area contributed by atoms with Crippen LogP contribution in [0.2, 0.25) is 0 Å². The van der Waals surface area contributed by atoms with Gasteiger partial charge in [-0.15, -0.1) is 0 Å². The third-order valence-electron chi connectivity index (χ3n) is 3.90. The lowest BCUT2D eigenvalue weighted by Gasteiger charge is -2.26. The SMILES string of the molecule is COc1ccc(CCCNC(=O)NCCN2CCOCC2)cc1. The van der Waals surface area contributed by atoms with Crippen LogP contribution in [0, 0.1) is 0 Å². The van der Waals surface area contributed by atoms with E-state index in [1.807, 2.05) is 12.1 Å². The normalized spacial score (nSPS) is 15.2. The van der Waals surface area contributed by atoms with Gasteiger partial charge in [0.05, 0.1) is 20.3 Å². The van der Waals surface area contributed by atoms with Crippen molar-refractivity contribution in [3.63, 3.8) is 0 Å². The Kier molecular flexibility index (Phi) is 7.69. The predicted octanol–water partition coefficient (Wildman–Crippen LogP) is 1.26. The molecular weight excluding hydrogens is 294 g/mol. The van der Waals surface area contributed by atoms with Crippen LogP contribution in [0.25, 0.3) is 0 Å². The Balaban J connectivity index is 1.50. The molecule has 0 bridgehead atoms. The Hall–Kier alpha value is -1.79. The van der Waals surface area contributed by atoms with Gasteiger partial charge in [0.25, 0.3) is 0 Å². The summed E-state index contributed by atoms with van der Waals surface area (Å²) < 4.78 is 10.4. The van der Waals surface area contributed by atoms with Gasteiger partial charge in [0.15, 0.2) is 0 Å². The molecule has 1 aromatic carbocycles. The van der Waals surface area contributed by atoms with Crippen molar-refractivity contribution in [3.8, 4) is 5.75 Å². The molecule has 0 aromatic heterocycles. The van der Waals surface area contributed by atoms with Crippen LogP contribution in [0.15, 0.2) is 24.3 Å². The van der Waals surface area contributed by atoms with E-state index >= 15 is 0 Å². The molecule has 23 heavy (non-hydrogen) atoms. The van der Waals surface area contributed by atoms with Gasteiger partial charge < -0.3 is 20.1 Å². The first-order valence-electron chi connectivity index (χ1n) is 8.22. The Morgan fingerprint density at radius 2 is 1.87 bits per heavy atom. The second kappa shape index (κ2) is 10.1. The van der Waals surface area contributed by atoms with E-state index in [9.17, 15) is 4.79 Å². The quantitative estimate of drug-likeness (QED) is 0.708. The standard InChI is InChI=1S/C17H27N3O3/c1-22-16-6-4-15(5-7-16)3-2-8-18-17(21)19-9-10-20-11-13-23-14-12-20/h4-7H,2-3,8-14H2,1H3,(H2,18,19,21). The summed E-state index contributed by atoms with van der Waals surface area (Å²) in [6.07, 6.45) is 1.86. The van der Waals surface area contributed by atoms with E-state index in [1.165, 1.54) is 5.56 Å². The molecule has 0 radical (unpaired) electrons. The lowest BCUT2D eigenvalue weighted by Crippen LogP contribution is -2.43. The predicted molar refractivity (Wildman–Crippen MR) is 90.0 cm³/mol. The van der Waals surface area contributed by atoms with E-state index in [2.05, 4.69) is 27.7 Å². The van der Waals surface area contributed by atoms with Gasteiger partial charge >= 0.3 is 6.03 Å². The van der Waals surface area contributed by atoms with Crippen LogP contribution in [-0.4, -0.2) is 64.0 Å². The Labute approximate surface area is 138 Å². The maximum absolute atomic E-state index is 11.7. The number of urea groups is 1. The van der Waals surface area contributed by atoms with E-state index in [0.717, 1.165) is 51.4 Å². The van der Waals surface area contributed by atoms with Crippen molar-refractivity contribution < 1.29 is 14.3 Å². The van der Waals surface area contributed by atoms with Crippen molar-refractivity contribution >= 4 is 6.03 Å². The fourth-order valence-corrected chi connectivity index (χ4v) is 2.50. The molecule has 0 spiro atoms. The van der Waals surface area contributed by atoms with E-state index < -0.39 is 0 Å². The molecule has 0 aliphatic carbocycles. The largest absolute Gasteiger partial charge is 0.497 e. The van der Waals surface area contributed by atoms with Crippen LogP contribution in [0.3, 0.4) is 0 Å². The molecule has 6 heteroatoms. The van der Waals surface area contributed by atoms with Gasteiger partial charge in [0, 0.05) is 32.7 Å². The van der Waals surface area contributed by atoms with Crippen LogP contribution in [0.1, 0.15) is 12.0 Å². The topological polar surface area (TPSA) is 62.8 Å². The number of hydrogen-bond acceptors (Lipinski definition) is 4. The number of morpholine rings is 1. The van der Waals surface area contributed by atoms with Crippen molar-refractivity contribution in [2.45, 2.75) is 12.8 Å². The highest BCUT2D eigenvalue weighted by molar-refractivity contribution is 5.73. The lowest BCUT2D eigenvalue weighted by molar-refractivity contribution is 0.0387. The second-order valence-electron chi connectivity index (χ2n) is 5.59. The zero-order chi connectivity index (χ0) is 16.3. The van der Waals surface area contributed by atoms with Gasteiger partial charge in [-0.1, -0.05) is 12.1 Å². The Bertz CT molecular complexity index is 459. The second-order valence-corrected chi connectivity index (χ2v) is 5.59. The minimum atomic E-state index is -0.0898. The van der Waals surface area contributed by atoms with Crippen molar-refractivity contribution in [2.24, 2.45) is 0 Å². The summed E-state index contributed by atoms with van der Waals surface area (Å²) in [4.78, 5) is 14.0. The van der Waals surface area contributed by atoms with Crippen LogP contribution in [0.5, 0.6) is 5.75 Å². The van der Waals surface area contributed by atoms with Crippen molar-refractivity contribution in [1.29, 1.82) is 0 Å². The number of amides is 2. The summed E-state index contributed by atoms with van der Waals surface area (Å²) in [5.74, 6) is 0.867. The molecule has 1 fully saturated rings. The van der Waals surface area contributed by atoms with Crippen molar-refractivity contribution in [1.82, 2.24) is 15.5 Å². The zero-order valence-corrected chi connectivity index (χ0v) is 13.8. The molecular formula is C17H27N3O3. The van der Waals surface area contributed by atoms with Gasteiger partial charge in [-0.2, -0.15) is 0 Å². The zero-order valence-electron chi connectivity index (χ0n) is 13.8. The molecule has 2 N–H and O–H groups in total.